The summed E-state index contributed by atoms with van der Waals surface area (Å²) in [5, 5.41) is 8.47. The fourth-order valence-corrected chi connectivity index (χ4v) is 1.65. The Hall–Kier alpha value is -0.740. The van der Waals surface area contributed by atoms with Gasteiger partial charge in [-0.25, -0.2) is 0 Å². The van der Waals surface area contributed by atoms with Crippen LogP contribution in [0.4, 0.5) is 6.01 Å². The lowest BCUT2D eigenvalue weighted by atomic mass is 10.3. The van der Waals surface area contributed by atoms with E-state index in [2.05, 4.69) is 10.2 Å². The van der Waals surface area contributed by atoms with Crippen molar-refractivity contribution in [2.75, 3.05) is 18.0 Å². The average Bonchev–Trinajstić information content (AvgIpc) is 2.66. The number of rotatable bonds is 2. The monoisotopic (exact) mass is 233 g/mol. The van der Waals surface area contributed by atoms with Crippen LogP contribution in [0.1, 0.15) is 12.3 Å². The molecular formula is C8H9Cl2N3O. The summed E-state index contributed by atoms with van der Waals surface area (Å²) in [5.74, 6) is 0.678. The molecule has 6 heteroatoms. The minimum absolute atomic E-state index is 0.240. The molecule has 0 spiro atoms. The van der Waals surface area contributed by atoms with Crippen LogP contribution in [-0.2, 0) is 5.88 Å². The summed E-state index contributed by atoms with van der Waals surface area (Å²) < 4.78 is 5.31. The Labute approximate surface area is 91.5 Å². The number of alkyl halides is 1. The molecule has 0 saturated carbocycles. The average molecular weight is 234 g/mol. The first-order valence-corrected chi connectivity index (χ1v) is 5.18. The fraction of sp³-hybridized carbons (Fsp3) is 0.500. The van der Waals surface area contributed by atoms with Crippen LogP contribution in [0, 0.1) is 0 Å². The predicted molar refractivity (Wildman–Crippen MR) is 54.6 cm³/mol. The molecule has 2 heterocycles. The summed E-state index contributed by atoms with van der Waals surface area (Å²) in [6.07, 6.45) is 2.90. The van der Waals surface area contributed by atoms with E-state index < -0.39 is 0 Å². The van der Waals surface area contributed by atoms with Crippen LogP contribution in [0.15, 0.2) is 15.5 Å². The molecule has 1 aliphatic rings. The van der Waals surface area contributed by atoms with Crippen molar-refractivity contribution in [2.45, 2.75) is 12.3 Å². The van der Waals surface area contributed by atoms with Crippen molar-refractivity contribution in [3.05, 3.63) is 17.0 Å². The fourth-order valence-electron chi connectivity index (χ4n) is 1.29. The minimum atomic E-state index is 0.240. The number of hydrogen-bond acceptors (Lipinski definition) is 4. The molecule has 1 aromatic rings. The minimum Gasteiger partial charge on any atom is -0.407 e. The Balaban J connectivity index is 2.11. The quantitative estimate of drug-likeness (QED) is 0.735. The summed E-state index contributed by atoms with van der Waals surface area (Å²) in [5.41, 5.74) is 0. The highest BCUT2D eigenvalue weighted by molar-refractivity contribution is 6.30. The van der Waals surface area contributed by atoms with E-state index in [-0.39, 0.29) is 5.88 Å². The highest BCUT2D eigenvalue weighted by atomic mass is 35.5. The summed E-state index contributed by atoms with van der Waals surface area (Å²) in [6, 6.07) is 0.493. The van der Waals surface area contributed by atoms with Crippen molar-refractivity contribution in [3.8, 4) is 0 Å². The highest BCUT2D eigenvalue weighted by Crippen LogP contribution is 2.20. The van der Waals surface area contributed by atoms with Gasteiger partial charge in [0.15, 0.2) is 0 Å². The maximum Gasteiger partial charge on any atom is 0.318 e. The van der Waals surface area contributed by atoms with Gasteiger partial charge in [0.05, 0.1) is 6.54 Å². The van der Waals surface area contributed by atoms with Gasteiger partial charge in [-0.15, -0.1) is 16.7 Å². The molecule has 14 heavy (non-hydrogen) atoms. The third-order valence-corrected chi connectivity index (χ3v) is 2.45. The molecule has 0 unspecified atom stereocenters. The van der Waals surface area contributed by atoms with Crippen LogP contribution < -0.4 is 4.90 Å². The lowest BCUT2D eigenvalue weighted by molar-refractivity contribution is 0.501. The number of aromatic nitrogens is 2. The summed E-state index contributed by atoms with van der Waals surface area (Å²) >= 11 is 11.5. The second-order valence-corrected chi connectivity index (χ2v) is 3.73. The molecule has 4 nitrogen and oxygen atoms in total. The predicted octanol–water partition coefficient (Wildman–Crippen LogP) is 2.14. The molecule has 0 aromatic carbocycles. The normalized spacial score (nSPS) is 17.0. The van der Waals surface area contributed by atoms with E-state index >= 15 is 0 Å². The van der Waals surface area contributed by atoms with Gasteiger partial charge in [-0.2, -0.15) is 0 Å². The zero-order valence-corrected chi connectivity index (χ0v) is 8.92. The lowest BCUT2D eigenvalue weighted by Crippen LogP contribution is -2.28. The lowest BCUT2D eigenvalue weighted by Gasteiger charge is -2.22. The molecule has 0 N–H and O–H groups in total. The van der Waals surface area contributed by atoms with Crippen LogP contribution in [0.25, 0.3) is 0 Å². The Morgan fingerprint density at radius 2 is 2.36 bits per heavy atom. The van der Waals surface area contributed by atoms with Crippen molar-refractivity contribution >= 4 is 29.2 Å². The van der Waals surface area contributed by atoms with Gasteiger partial charge in [0.2, 0.25) is 5.89 Å². The smallest absolute Gasteiger partial charge is 0.318 e. The van der Waals surface area contributed by atoms with E-state index in [1.807, 2.05) is 11.0 Å². The molecule has 76 valence electrons. The van der Waals surface area contributed by atoms with Gasteiger partial charge in [-0.05, 0) is 6.42 Å². The summed E-state index contributed by atoms with van der Waals surface area (Å²) in [7, 11) is 0. The summed E-state index contributed by atoms with van der Waals surface area (Å²) in [4.78, 5) is 1.94. The van der Waals surface area contributed by atoms with Crippen LogP contribution in [0.2, 0.25) is 0 Å². The number of halogens is 2. The molecule has 0 amide bonds. The van der Waals surface area contributed by atoms with Crippen molar-refractivity contribution in [1.82, 2.24) is 10.2 Å². The molecule has 0 aliphatic carbocycles. The van der Waals surface area contributed by atoms with E-state index in [0.29, 0.717) is 18.5 Å². The Bertz CT molecular complexity index is 350. The number of hydrogen-bond donors (Lipinski definition) is 0. The van der Waals surface area contributed by atoms with Gasteiger partial charge in [0, 0.05) is 11.6 Å². The molecule has 0 fully saturated rings. The standard InChI is InChI=1S/C8H9Cl2N3O/c9-4-7-11-12-8(14-7)13-3-1-2-6(10)5-13/h2H,1,3-5H2. The van der Waals surface area contributed by atoms with E-state index in [1.54, 1.807) is 0 Å². The second kappa shape index (κ2) is 4.19. The van der Waals surface area contributed by atoms with Gasteiger partial charge in [-0.1, -0.05) is 22.8 Å². The largest absolute Gasteiger partial charge is 0.407 e. The summed E-state index contributed by atoms with van der Waals surface area (Å²) in [6.45, 7) is 1.48. The van der Waals surface area contributed by atoms with Gasteiger partial charge in [0.1, 0.15) is 5.88 Å². The van der Waals surface area contributed by atoms with Crippen molar-refractivity contribution < 1.29 is 4.42 Å². The first-order chi connectivity index (χ1) is 6.79. The van der Waals surface area contributed by atoms with Crippen molar-refractivity contribution in [1.29, 1.82) is 0 Å². The third-order valence-electron chi connectivity index (χ3n) is 1.95. The molecule has 0 atom stereocenters. The van der Waals surface area contributed by atoms with Crippen molar-refractivity contribution in [3.63, 3.8) is 0 Å². The molecule has 2 rings (SSSR count). The van der Waals surface area contributed by atoms with E-state index in [9.17, 15) is 0 Å². The SMILES string of the molecule is ClCc1nnc(N2CCC=C(Cl)C2)o1. The van der Waals surface area contributed by atoms with Gasteiger partial charge >= 0.3 is 6.01 Å². The Morgan fingerprint density at radius 3 is 3.00 bits per heavy atom. The number of anilines is 1. The Morgan fingerprint density at radius 1 is 1.50 bits per heavy atom. The molecule has 1 aromatic heterocycles. The molecule has 0 saturated heterocycles. The second-order valence-electron chi connectivity index (χ2n) is 2.97. The number of nitrogens with zero attached hydrogens (tertiary/aromatic N) is 3. The van der Waals surface area contributed by atoms with Crippen LogP contribution in [-0.4, -0.2) is 23.3 Å². The van der Waals surface area contributed by atoms with Gasteiger partial charge in [-0.3, -0.25) is 0 Å². The van der Waals surface area contributed by atoms with Crippen LogP contribution in [0.3, 0.4) is 0 Å². The van der Waals surface area contributed by atoms with Gasteiger partial charge in [0.25, 0.3) is 0 Å². The highest BCUT2D eigenvalue weighted by Gasteiger charge is 2.17. The van der Waals surface area contributed by atoms with Crippen molar-refractivity contribution in [2.24, 2.45) is 0 Å². The molecule has 0 bridgehead atoms. The van der Waals surface area contributed by atoms with E-state index in [1.165, 1.54) is 0 Å². The van der Waals surface area contributed by atoms with E-state index in [0.717, 1.165) is 18.0 Å². The first-order valence-electron chi connectivity index (χ1n) is 4.27. The van der Waals surface area contributed by atoms with Crippen LogP contribution in [0.5, 0.6) is 0 Å². The maximum atomic E-state index is 5.91. The zero-order chi connectivity index (χ0) is 9.97. The zero-order valence-electron chi connectivity index (χ0n) is 7.41. The third kappa shape index (κ3) is 2.01. The maximum absolute atomic E-state index is 5.91. The molecule has 0 radical (unpaired) electrons. The van der Waals surface area contributed by atoms with Crippen LogP contribution >= 0.6 is 23.2 Å². The first kappa shape index (κ1) is 9.80. The molecular weight excluding hydrogens is 225 g/mol. The molecule has 1 aliphatic heterocycles. The topological polar surface area (TPSA) is 42.2 Å². The van der Waals surface area contributed by atoms with E-state index in [4.69, 9.17) is 27.6 Å². The Kier molecular flexibility index (Phi) is 2.93. The van der Waals surface area contributed by atoms with Gasteiger partial charge < -0.3 is 9.32 Å².